The number of hydrogen-bond acceptors (Lipinski definition) is 3. The minimum absolute atomic E-state index is 0.0644. The monoisotopic (exact) mass is 259 g/mol. The molecule has 19 heavy (non-hydrogen) atoms. The molecule has 1 aliphatic carbocycles. The molecule has 100 valence electrons. The van der Waals surface area contributed by atoms with Gasteiger partial charge in [-0.15, -0.1) is 0 Å². The third-order valence-corrected chi connectivity index (χ3v) is 3.62. The molecule has 4 nitrogen and oxygen atoms in total. The Morgan fingerprint density at radius 2 is 2.00 bits per heavy atom. The first kappa shape index (κ1) is 13.5. The smallest absolute Gasteiger partial charge is 0.269 e. The highest BCUT2D eigenvalue weighted by Crippen LogP contribution is 2.35. The first-order valence-electron chi connectivity index (χ1n) is 6.58. The van der Waals surface area contributed by atoms with Crippen molar-refractivity contribution in [3.63, 3.8) is 0 Å². The third kappa shape index (κ3) is 2.89. The van der Waals surface area contributed by atoms with E-state index in [1.165, 1.54) is 12.1 Å². The van der Waals surface area contributed by atoms with E-state index in [0.29, 0.717) is 5.92 Å². The standard InChI is InChI=1S/C15H17NO3/c1-2-4-11-5-3-6-14(17)15(11)12-7-9-13(10-8-12)16(18)19/h3,6-11,15H,2,4-5H2,1H3/t11-,15-/m1/s1. The van der Waals surface area contributed by atoms with Gasteiger partial charge in [-0.2, -0.15) is 0 Å². The summed E-state index contributed by atoms with van der Waals surface area (Å²) in [6.45, 7) is 2.11. The number of allylic oxidation sites excluding steroid dienone is 2. The summed E-state index contributed by atoms with van der Waals surface area (Å²) in [5.41, 5.74) is 0.952. The molecule has 0 amide bonds. The summed E-state index contributed by atoms with van der Waals surface area (Å²) < 4.78 is 0. The van der Waals surface area contributed by atoms with Crippen LogP contribution in [0.5, 0.6) is 0 Å². The van der Waals surface area contributed by atoms with E-state index in [2.05, 4.69) is 6.92 Å². The van der Waals surface area contributed by atoms with E-state index in [1.54, 1.807) is 18.2 Å². The van der Waals surface area contributed by atoms with Crippen molar-refractivity contribution in [3.05, 3.63) is 52.1 Å². The number of non-ortho nitro benzene ring substituents is 1. The van der Waals surface area contributed by atoms with Crippen molar-refractivity contribution < 1.29 is 9.72 Å². The van der Waals surface area contributed by atoms with Gasteiger partial charge in [0.05, 0.1) is 4.92 Å². The highest BCUT2D eigenvalue weighted by Gasteiger charge is 2.29. The average Bonchev–Trinajstić information content (AvgIpc) is 2.39. The van der Waals surface area contributed by atoms with Crippen LogP contribution >= 0.6 is 0 Å². The van der Waals surface area contributed by atoms with Gasteiger partial charge in [-0.25, -0.2) is 0 Å². The van der Waals surface area contributed by atoms with Crippen LogP contribution in [-0.4, -0.2) is 10.7 Å². The largest absolute Gasteiger partial charge is 0.294 e. The van der Waals surface area contributed by atoms with E-state index in [9.17, 15) is 14.9 Å². The van der Waals surface area contributed by atoms with Gasteiger partial charge in [0.1, 0.15) is 0 Å². The van der Waals surface area contributed by atoms with Crippen molar-refractivity contribution in [3.8, 4) is 0 Å². The van der Waals surface area contributed by atoms with Crippen molar-refractivity contribution in [1.82, 2.24) is 0 Å². The van der Waals surface area contributed by atoms with Crippen molar-refractivity contribution in [1.29, 1.82) is 0 Å². The number of nitrogens with zero attached hydrogens (tertiary/aromatic N) is 1. The quantitative estimate of drug-likeness (QED) is 0.612. The van der Waals surface area contributed by atoms with Gasteiger partial charge in [-0.3, -0.25) is 14.9 Å². The second kappa shape index (κ2) is 5.78. The molecule has 2 atom stereocenters. The molecule has 1 aliphatic rings. The predicted octanol–water partition coefficient (Wildman–Crippen LogP) is 3.62. The minimum Gasteiger partial charge on any atom is -0.294 e. The Hall–Kier alpha value is -1.97. The maximum Gasteiger partial charge on any atom is 0.269 e. The Bertz CT molecular complexity index is 505. The van der Waals surface area contributed by atoms with E-state index < -0.39 is 4.92 Å². The SMILES string of the molecule is CCC[C@@H]1CC=CC(=O)[C@H]1c1ccc([N+](=O)[O-])cc1. The minimum atomic E-state index is -0.421. The second-order valence-corrected chi connectivity index (χ2v) is 4.92. The summed E-state index contributed by atoms with van der Waals surface area (Å²) in [4.78, 5) is 22.3. The van der Waals surface area contributed by atoms with Crippen molar-refractivity contribution >= 4 is 11.5 Å². The first-order chi connectivity index (χ1) is 9.13. The molecule has 0 saturated heterocycles. The van der Waals surface area contributed by atoms with Crippen LogP contribution in [0.1, 0.15) is 37.7 Å². The zero-order valence-electron chi connectivity index (χ0n) is 10.9. The number of carbonyl (C=O) groups excluding carboxylic acids is 1. The molecule has 0 aromatic heterocycles. The Balaban J connectivity index is 2.28. The van der Waals surface area contributed by atoms with Crippen LogP contribution < -0.4 is 0 Å². The van der Waals surface area contributed by atoms with Crippen LogP contribution in [0.3, 0.4) is 0 Å². The molecule has 0 radical (unpaired) electrons. The summed E-state index contributed by atoms with van der Waals surface area (Å²) in [6, 6.07) is 6.37. The lowest BCUT2D eigenvalue weighted by molar-refractivity contribution is -0.384. The lowest BCUT2D eigenvalue weighted by Crippen LogP contribution is -2.23. The lowest BCUT2D eigenvalue weighted by atomic mass is 9.76. The van der Waals surface area contributed by atoms with Gasteiger partial charge in [0.25, 0.3) is 5.69 Å². The van der Waals surface area contributed by atoms with Gasteiger partial charge >= 0.3 is 0 Å². The van der Waals surface area contributed by atoms with Crippen molar-refractivity contribution in [2.24, 2.45) is 5.92 Å². The number of hydrogen-bond donors (Lipinski definition) is 0. The summed E-state index contributed by atoms with van der Waals surface area (Å²) in [6.07, 6.45) is 6.51. The molecule has 0 fully saturated rings. The molecule has 0 saturated carbocycles. The topological polar surface area (TPSA) is 60.2 Å². The highest BCUT2D eigenvalue weighted by atomic mass is 16.6. The third-order valence-electron chi connectivity index (χ3n) is 3.62. The molecule has 0 bridgehead atoms. The Morgan fingerprint density at radius 1 is 1.32 bits per heavy atom. The molecule has 0 unspecified atom stereocenters. The van der Waals surface area contributed by atoms with Crippen LogP contribution in [0.15, 0.2) is 36.4 Å². The van der Waals surface area contributed by atoms with Gasteiger partial charge in [0.2, 0.25) is 0 Å². The molecule has 0 spiro atoms. The van der Waals surface area contributed by atoms with E-state index in [0.717, 1.165) is 24.8 Å². The fourth-order valence-electron chi connectivity index (χ4n) is 2.73. The molecule has 0 aliphatic heterocycles. The normalized spacial score (nSPS) is 22.5. The Labute approximate surface area is 112 Å². The number of ketones is 1. The summed E-state index contributed by atoms with van der Waals surface area (Å²) in [7, 11) is 0. The first-order valence-corrected chi connectivity index (χ1v) is 6.58. The molecular formula is C15H17NO3. The molecule has 4 heteroatoms. The van der Waals surface area contributed by atoms with Crippen LogP contribution in [0.2, 0.25) is 0 Å². The fourth-order valence-corrected chi connectivity index (χ4v) is 2.73. The summed E-state index contributed by atoms with van der Waals surface area (Å²) in [5.74, 6) is 0.272. The van der Waals surface area contributed by atoms with Crippen LogP contribution in [-0.2, 0) is 4.79 Å². The van der Waals surface area contributed by atoms with E-state index >= 15 is 0 Å². The lowest BCUT2D eigenvalue weighted by Gasteiger charge is -2.27. The molecule has 1 aromatic rings. The molecule has 0 heterocycles. The number of rotatable bonds is 4. The Kier molecular flexibility index (Phi) is 4.10. The van der Waals surface area contributed by atoms with Crippen molar-refractivity contribution in [2.75, 3.05) is 0 Å². The molecule has 1 aromatic carbocycles. The average molecular weight is 259 g/mol. The van der Waals surface area contributed by atoms with Gasteiger partial charge < -0.3 is 0 Å². The molecule has 0 N–H and O–H groups in total. The van der Waals surface area contributed by atoms with Crippen LogP contribution in [0.4, 0.5) is 5.69 Å². The van der Waals surface area contributed by atoms with Gasteiger partial charge in [-0.05, 0) is 30.4 Å². The number of nitro groups is 1. The maximum atomic E-state index is 12.1. The predicted molar refractivity (Wildman–Crippen MR) is 73.0 cm³/mol. The number of benzene rings is 1. The van der Waals surface area contributed by atoms with E-state index in [1.807, 2.05) is 6.08 Å². The van der Waals surface area contributed by atoms with Crippen molar-refractivity contribution in [2.45, 2.75) is 32.1 Å². The van der Waals surface area contributed by atoms with Crippen LogP contribution in [0, 0.1) is 16.0 Å². The van der Waals surface area contributed by atoms with Crippen LogP contribution in [0.25, 0.3) is 0 Å². The number of carbonyl (C=O) groups is 1. The van der Waals surface area contributed by atoms with Gasteiger partial charge in [0, 0.05) is 18.1 Å². The molecular weight excluding hydrogens is 242 g/mol. The highest BCUT2D eigenvalue weighted by molar-refractivity contribution is 5.96. The second-order valence-electron chi connectivity index (χ2n) is 4.92. The summed E-state index contributed by atoms with van der Waals surface area (Å²) in [5, 5.41) is 10.6. The fraction of sp³-hybridized carbons (Fsp3) is 0.400. The zero-order valence-corrected chi connectivity index (χ0v) is 10.9. The zero-order chi connectivity index (χ0) is 13.8. The summed E-state index contributed by atoms with van der Waals surface area (Å²) >= 11 is 0. The molecule has 2 rings (SSSR count). The van der Waals surface area contributed by atoms with E-state index in [4.69, 9.17) is 0 Å². The Morgan fingerprint density at radius 3 is 2.58 bits per heavy atom. The van der Waals surface area contributed by atoms with E-state index in [-0.39, 0.29) is 17.4 Å². The maximum absolute atomic E-state index is 12.1. The van der Waals surface area contributed by atoms with Gasteiger partial charge in [-0.1, -0.05) is 31.6 Å². The van der Waals surface area contributed by atoms with Gasteiger partial charge in [0.15, 0.2) is 5.78 Å². The number of nitro benzene ring substituents is 1.